The summed E-state index contributed by atoms with van der Waals surface area (Å²) in [6.45, 7) is 19.2. The van der Waals surface area contributed by atoms with Crippen LogP contribution in [0, 0.1) is 0 Å². The fourth-order valence-electron chi connectivity index (χ4n) is 0.917. The van der Waals surface area contributed by atoms with E-state index in [0.29, 0.717) is 13.2 Å². The van der Waals surface area contributed by atoms with Gasteiger partial charge in [-0.05, 0) is 6.08 Å². The van der Waals surface area contributed by atoms with Crippen LogP contribution in [-0.4, -0.2) is 13.2 Å². The molecule has 0 aromatic rings. The molecule has 0 saturated heterocycles. The Hall–Kier alpha value is -0.920. The largest absolute Gasteiger partial charge is 0.491 e. The quantitative estimate of drug-likeness (QED) is 0.655. The minimum Gasteiger partial charge on any atom is -0.491 e. The van der Waals surface area contributed by atoms with Gasteiger partial charge in [0.05, 0.1) is 0 Å². The zero-order valence-corrected chi connectivity index (χ0v) is 12.9. The van der Waals surface area contributed by atoms with Crippen molar-refractivity contribution in [1.82, 2.24) is 0 Å². The van der Waals surface area contributed by atoms with Crippen LogP contribution in [0.4, 0.5) is 0 Å². The lowest BCUT2D eigenvalue weighted by atomic mass is 10.3. The van der Waals surface area contributed by atoms with E-state index in [-0.39, 0.29) is 0 Å². The lowest BCUT2D eigenvalue weighted by molar-refractivity contribution is 0.0658. The number of allylic oxidation sites excluding steroid dienone is 2. The highest BCUT2D eigenvalue weighted by molar-refractivity contribution is 5.14. The standard InChI is InChI=1S/C8H12O2.C3H8.2C2H6/c1-3-7-8(4-2)10-6-5-9-7;1-3-2;2*1-2/h3H,1,4-6H2,2H3;3H2,1-2H3;2*1-2H3. The molecule has 0 fully saturated rings. The first-order chi connectivity index (χ1) is 8.29. The summed E-state index contributed by atoms with van der Waals surface area (Å²) in [4.78, 5) is 0. The van der Waals surface area contributed by atoms with E-state index in [4.69, 9.17) is 9.47 Å². The fourth-order valence-corrected chi connectivity index (χ4v) is 0.917. The number of rotatable bonds is 2. The average molecular weight is 244 g/mol. The maximum atomic E-state index is 5.31. The van der Waals surface area contributed by atoms with Crippen LogP contribution in [-0.2, 0) is 9.47 Å². The summed E-state index contributed by atoms with van der Waals surface area (Å²) < 4.78 is 10.6. The first kappa shape index (κ1) is 21.4. The van der Waals surface area contributed by atoms with E-state index in [1.54, 1.807) is 6.08 Å². The lowest BCUT2D eigenvalue weighted by Crippen LogP contribution is -2.12. The Labute approximate surface area is 109 Å². The van der Waals surface area contributed by atoms with Crippen LogP contribution in [0.15, 0.2) is 24.2 Å². The van der Waals surface area contributed by atoms with Gasteiger partial charge >= 0.3 is 0 Å². The fraction of sp³-hybridized carbons (Fsp3) is 0.733. The van der Waals surface area contributed by atoms with Crippen LogP contribution in [0.3, 0.4) is 0 Å². The predicted octanol–water partition coefficient (Wildman–Crippen LogP) is 5.31. The van der Waals surface area contributed by atoms with Crippen LogP contribution >= 0.6 is 0 Å². The molecule has 1 heterocycles. The number of hydrogen-bond donors (Lipinski definition) is 0. The molecule has 0 N–H and O–H groups in total. The van der Waals surface area contributed by atoms with E-state index in [2.05, 4.69) is 20.4 Å². The Kier molecular flexibility index (Phi) is 25.8. The van der Waals surface area contributed by atoms with Crippen LogP contribution in [0.1, 0.15) is 61.3 Å². The Balaban J connectivity index is -0.000000239. The third-order valence-electron chi connectivity index (χ3n) is 1.40. The summed E-state index contributed by atoms with van der Waals surface area (Å²) in [5.41, 5.74) is 0. The Morgan fingerprint density at radius 3 is 1.71 bits per heavy atom. The summed E-state index contributed by atoms with van der Waals surface area (Å²) in [7, 11) is 0. The second kappa shape index (κ2) is 20.5. The van der Waals surface area contributed by atoms with Crippen molar-refractivity contribution in [1.29, 1.82) is 0 Å². The molecule has 0 aliphatic carbocycles. The molecule has 104 valence electrons. The molecule has 0 saturated carbocycles. The predicted molar refractivity (Wildman–Crippen MR) is 78.1 cm³/mol. The zero-order chi connectivity index (χ0) is 14.1. The Morgan fingerprint density at radius 2 is 1.41 bits per heavy atom. The Morgan fingerprint density at radius 1 is 1.00 bits per heavy atom. The van der Waals surface area contributed by atoms with Gasteiger partial charge in [0.2, 0.25) is 0 Å². The summed E-state index contributed by atoms with van der Waals surface area (Å²) in [5, 5.41) is 0. The number of ether oxygens (including phenoxy) is 2. The second-order valence-corrected chi connectivity index (χ2v) is 2.75. The van der Waals surface area contributed by atoms with Gasteiger partial charge < -0.3 is 9.47 Å². The molecule has 17 heavy (non-hydrogen) atoms. The van der Waals surface area contributed by atoms with Gasteiger partial charge in [-0.1, -0.05) is 61.5 Å². The summed E-state index contributed by atoms with van der Waals surface area (Å²) in [5.74, 6) is 1.72. The van der Waals surface area contributed by atoms with Crippen molar-refractivity contribution < 1.29 is 9.47 Å². The van der Waals surface area contributed by atoms with Crippen molar-refractivity contribution >= 4 is 0 Å². The van der Waals surface area contributed by atoms with Crippen LogP contribution in [0.5, 0.6) is 0 Å². The van der Waals surface area contributed by atoms with Gasteiger partial charge in [-0.3, -0.25) is 0 Å². The van der Waals surface area contributed by atoms with E-state index in [1.165, 1.54) is 6.42 Å². The maximum Gasteiger partial charge on any atom is 0.156 e. The molecule has 2 nitrogen and oxygen atoms in total. The van der Waals surface area contributed by atoms with Gasteiger partial charge in [-0.15, -0.1) is 0 Å². The van der Waals surface area contributed by atoms with E-state index in [1.807, 2.05) is 34.6 Å². The molecule has 0 bridgehead atoms. The molecule has 1 aliphatic rings. The van der Waals surface area contributed by atoms with E-state index >= 15 is 0 Å². The maximum absolute atomic E-state index is 5.31. The van der Waals surface area contributed by atoms with Crippen molar-refractivity contribution in [2.45, 2.75) is 61.3 Å². The minimum atomic E-state index is 0.644. The number of hydrogen-bond acceptors (Lipinski definition) is 2. The van der Waals surface area contributed by atoms with Crippen LogP contribution < -0.4 is 0 Å². The minimum absolute atomic E-state index is 0.644. The van der Waals surface area contributed by atoms with Crippen molar-refractivity contribution in [3.05, 3.63) is 24.2 Å². The topological polar surface area (TPSA) is 18.5 Å². The molecule has 0 unspecified atom stereocenters. The molecule has 0 aromatic carbocycles. The monoisotopic (exact) mass is 244 g/mol. The van der Waals surface area contributed by atoms with Gasteiger partial charge in [-0.2, -0.15) is 0 Å². The molecule has 0 spiro atoms. The molecule has 0 amide bonds. The molecule has 0 radical (unpaired) electrons. The Bertz CT molecular complexity index is 172. The molecule has 0 aromatic heterocycles. The van der Waals surface area contributed by atoms with Crippen LogP contribution in [0.25, 0.3) is 0 Å². The second-order valence-electron chi connectivity index (χ2n) is 2.75. The molecular formula is C15H32O2. The highest BCUT2D eigenvalue weighted by atomic mass is 16.6. The highest BCUT2D eigenvalue weighted by Gasteiger charge is 2.09. The van der Waals surface area contributed by atoms with E-state index in [9.17, 15) is 0 Å². The zero-order valence-electron chi connectivity index (χ0n) is 12.9. The van der Waals surface area contributed by atoms with Crippen LogP contribution in [0.2, 0.25) is 0 Å². The van der Waals surface area contributed by atoms with Crippen molar-refractivity contribution in [2.75, 3.05) is 13.2 Å². The summed E-state index contributed by atoms with van der Waals surface area (Å²) >= 11 is 0. The first-order valence-electron chi connectivity index (χ1n) is 6.91. The average Bonchev–Trinajstić information content (AvgIpc) is 2.44. The third-order valence-corrected chi connectivity index (χ3v) is 1.40. The molecule has 0 atom stereocenters. The first-order valence-corrected chi connectivity index (χ1v) is 6.91. The molecule has 1 aliphatic heterocycles. The van der Waals surface area contributed by atoms with Crippen molar-refractivity contribution in [3.63, 3.8) is 0 Å². The highest BCUT2D eigenvalue weighted by Crippen LogP contribution is 2.16. The lowest BCUT2D eigenvalue weighted by Gasteiger charge is -2.18. The van der Waals surface area contributed by atoms with Gasteiger partial charge in [0, 0.05) is 6.42 Å². The summed E-state index contributed by atoms with van der Waals surface area (Å²) in [6.07, 6.45) is 3.82. The SMILES string of the molecule is C=CC1=C(CC)OCCO1.CC.CC.CCC. The van der Waals surface area contributed by atoms with E-state index < -0.39 is 0 Å². The van der Waals surface area contributed by atoms with Crippen molar-refractivity contribution in [2.24, 2.45) is 0 Å². The smallest absolute Gasteiger partial charge is 0.156 e. The van der Waals surface area contributed by atoms with Crippen molar-refractivity contribution in [3.8, 4) is 0 Å². The molecule has 2 heteroatoms. The van der Waals surface area contributed by atoms with Gasteiger partial charge in [0.1, 0.15) is 19.0 Å². The van der Waals surface area contributed by atoms with E-state index in [0.717, 1.165) is 17.9 Å². The normalized spacial score (nSPS) is 12.2. The molecule has 1 rings (SSSR count). The summed E-state index contributed by atoms with van der Waals surface area (Å²) in [6, 6.07) is 0. The molecular weight excluding hydrogens is 212 g/mol. The van der Waals surface area contributed by atoms with Gasteiger partial charge in [-0.25, -0.2) is 0 Å². The van der Waals surface area contributed by atoms with Gasteiger partial charge in [0.15, 0.2) is 5.76 Å². The van der Waals surface area contributed by atoms with Gasteiger partial charge in [0.25, 0.3) is 0 Å². The third kappa shape index (κ3) is 13.0.